The van der Waals surface area contributed by atoms with Crippen molar-refractivity contribution in [2.75, 3.05) is 6.61 Å². The van der Waals surface area contributed by atoms with Crippen molar-refractivity contribution in [3.8, 4) is 11.6 Å². The topological polar surface area (TPSA) is 79.1 Å². The van der Waals surface area contributed by atoms with Crippen molar-refractivity contribution < 1.29 is 14.3 Å². The van der Waals surface area contributed by atoms with Crippen LogP contribution in [0.15, 0.2) is 36.8 Å². The van der Waals surface area contributed by atoms with Crippen LogP contribution in [0.4, 0.5) is 0 Å². The van der Waals surface area contributed by atoms with E-state index in [0.29, 0.717) is 40.7 Å². The van der Waals surface area contributed by atoms with Crippen LogP contribution < -0.4 is 4.74 Å². The SMILES string of the molecule is O=C1OCC[C@@H]1Oc1ncnc2c1cnn2-c1ccccc1Cl. The fourth-order valence-corrected chi connectivity index (χ4v) is 2.65. The molecule has 4 rings (SSSR count). The summed E-state index contributed by atoms with van der Waals surface area (Å²) in [5, 5.41) is 5.47. The molecule has 1 aliphatic heterocycles. The number of cyclic esters (lactones) is 1. The van der Waals surface area contributed by atoms with E-state index in [0.717, 1.165) is 0 Å². The first-order valence-electron chi connectivity index (χ1n) is 7.01. The summed E-state index contributed by atoms with van der Waals surface area (Å²) in [5.74, 6) is -0.0765. The molecule has 3 aromatic rings. The van der Waals surface area contributed by atoms with Gasteiger partial charge in [0.05, 0.1) is 23.5 Å². The number of halogens is 1. The number of rotatable bonds is 3. The van der Waals surface area contributed by atoms with Gasteiger partial charge in [-0.25, -0.2) is 19.4 Å². The highest BCUT2D eigenvalue weighted by atomic mass is 35.5. The lowest BCUT2D eigenvalue weighted by molar-refractivity contribution is -0.143. The Hall–Kier alpha value is -2.67. The molecule has 8 heteroatoms. The Morgan fingerprint density at radius 3 is 2.96 bits per heavy atom. The summed E-state index contributed by atoms with van der Waals surface area (Å²) in [6.45, 7) is 0.358. The minimum absolute atomic E-state index is 0.303. The van der Waals surface area contributed by atoms with Crippen LogP contribution >= 0.6 is 11.6 Å². The van der Waals surface area contributed by atoms with Crippen LogP contribution in [0.5, 0.6) is 5.88 Å². The Balaban J connectivity index is 1.78. The first-order chi connectivity index (χ1) is 11.2. The quantitative estimate of drug-likeness (QED) is 0.685. The number of nitrogens with zero attached hydrogens (tertiary/aromatic N) is 4. The summed E-state index contributed by atoms with van der Waals surface area (Å²) in [6, 6.07) is 7.32. The van der Waals surface area contributed by atoms with Crippen LogP contribution in [0.2, 0.25) is 5.02 Å². The third kappa shape index (κ3) is 2.39. The van der Waals surface area contributed by atoms with Crippen LogP contribution in [0.25, 0.3) is 16.7 Å². The molecule has 0 amide bonds. The third-order valence-electron chi connectivity index (χ3n) is 3.55. The Bertz CT molecular complexity index is 895. The van der Waals surface area contributed by atoms with Gasteiger partial charge in [0.15, 0.2) is 5.65 Å². The van der Waals surface area contributed by atoms with E-state index >= 15 is 0 Å². The van der Waals surface area contributed by atoms with Crippen molar-refractivity contribution in [1.29, 1.82) is 0 Å². The Kier molecular flexibility index (Phi) is 3.34. The third-order valence-corrected chi connectivity index (χ3v) is 3.87. The zero-order valence-corrected chi connectivity index (χ0v) is 12.6. The molecule has 1 aromatic carbocycles. The zero-order valence-electron chi connectivity index (χ0n) is 11.8. The van der Waals surface area contributed by atoms with Crippen LogP contribution in [-0.2, 0) is 9.53 Å². The van der Waals surface area contributed by atoms with Crippen molar-refractivity contribution in [2.24, 2.45) is 0 Å². The molecule has 0 saturated carbocycles. The van der Waals surface area contributed by atoms with Gasteiger partial charge < -0.3 is 9.47 Å². The van der Waals surface area contributed by atoms with Gasteiger partial charge in [0.25, 0.3) is 0 Å². The molecule has 1 fully saturated rings. The van der Waals surface area contributed by atoms with E-state index in [-0.39, 0.29) is 5.97 Å². The molecule has 7 nitrogen and oxygen atoms in total. The Labute approximate surface area is 135 Å². The summed E-state index contributed by atoms with van der Waals surface area (Å²) in [4.78, 5) is 19.9. The largest absolute Gasteiger partial charge is 0.463 e. The molecule has 0 spiro atoms. The molecule has 2 aromatic heterocycles. The molecular formula is C15H11ClN4O3. The molecule has 0 N–H and O–H groups in total. The summed E-state index contributed by atoms with van der Waals surface area (Å²) in [5.41, 5.74) is 1.25. The zero-order chi connectivity index (χ0) is 15.8. The number of para-hydroxylation sites is 1. The number of aromatic nitrogens is 4. The van der Waals surface area contributed by atoms with Gasteiger partial charge in [0.1, 0.15) is 11.7 Å². The second-order valence-electron chi connectivity index (χ2n) is 4.99. The fourth-order valence-electron chi connectivity index (χ4n) is 2.44. The van der Waals surface area contributed by atoms with E-state index in [2.05, 4.69) is 15.1 Å². The number of ether oxygens (including phenoxy) is 2. The first kappa shape index (κ1) is 14.0. The van der Waals surface area contributed by atoms with Crippen LogP contribution in [0.3, 0.4) is 0 Å². The van der Waals surface area contributed by atoms with Crippen LogP contribution in [0.1, 0.15) is 6.42 Å². The van der Waals surface area contributed by atoms with E-state index in [1.165, 1.54) is 6.33 Å². The highest BCUT2D eigenvalue weighted by Crippen LogP contribution is 2.27. The normalized spacial score (nSPS) is 17.4. The van der Waals surface area contributed by atoms with E-state index < -0.39 is 6.10 Å². The second kappa shape index (κ2) is 5.51. The summed E-state index contributed by atoms with van der Waals surface area (Å²) >= 11 is 6.22. The molecule has 116 valence electrons. The van der Waals surface area contributed by atoms with E-state index in [4.69, 9.17) is 21.1 Å². The molecule has 0 bridgehead atoms. The van der Waals surface area contributed by atoms with E-state index in [9.17, 15) is 4.79 Å². The number of carbonyl (C=O) groups excluding carboxylic acids is 1. The van der Waals surface area contributed by atoms with Crippen molar-refractivity contribution in [3.63, 3.8) is 0 Å². The molecule has 1 saturated heterocycles. The Morgan fingerprint density at radius 1 is 1.30 bits per heavy atom. The maximum Gasteiger partial charge on any atom is 0.347 e. The Morgan fingerprint density at radius 2 is 2.17 bits per heavy atom. The maximum absolute atomic E-state index is 11.6. The lowest BCUT2D eigenvalue weighted by Crippen LogP contribution is -2.22. The van der Waals surface area contributed by atoms with Crippen LogP contribution in [-0.4, -0.2) is 38.4 Å². The number of esters is 1. The number of benzene rings is 1. The van der Waals surface area contributed by atoms with Crippen molar-refractivity contribution >= 4 is 28.6 Å². The molecule has 23 heavy (non-hydrogen) atoms. The average molecular weight is 331 g/mol. The second-order valence-corrected chi connectivity index (χ2v) is 5.39. The van der Waals surface area contributed by atoms with Gasteiger partial charge in [-0.2, -0.15) is 5.10 Å². The monoisotopic (exact) mass is 330 g/mol. The smallest absolute Gasteiger partial charge is 0.347 e. The van der Waals surface area contributed by atoms with Gasteiger partial charge in [-0.15, -0.1) is 0 Å². The number of hydrogen-bond acceptors (Lipinski definition) is 6. The first-order valence-corrected chi connectivity index (χ1v) is 7.39. The maximum atomic E-state index is 11.6. The molecular weight excluding hydrogens is 320 g/mol. The van der Waals surface area contributed by atoms with Gasteiger partial charge in [0.2, 0.25) is 12.0 Å². The molecule has 0 unspecified atom stereocenters. The predicted octanol–water partition coefficient (Wildman–Crippen LogP) is 2.16. The predicted molar refractivity (Wildman–Crippen MR) is 81.7 cm³/mol. The highest BCUT2D eigenvalue weighted by molar-refractivity contribution is 6.32. The summed E-state index contributed by atoms with van der Waals surface area (Å²) < 4.78 is 12.2. The number of carbonyl (C=O) groups is 1. The molecule has 0 aliphatic carbocycles. The fraction of sp³-hybridized carbons (Fsp3) is 0.200. The van der Waals surface area contributed by atoms with E-state index in [1.807, 2.05) is 18.2 Å². The molecule has 0 radical (unpaired) electrons. The van der Waals surface area contributed by atoms with Crippen molar-refractivity contribution in [2.45, 2.75) is 12.5 Å². The van der Waals surface area contributed by atoms with Gasteiger partial charge in [-0.05, 0) is 12.1 Å². The molecule has 3 heterocycles. The van der Waals surface area contributed by atoms with Crippen molar-refractivity contribution in [3.05, 3.63) is 41.8 Å². The van der Waals surface area contributed by atoms with Gasteiger partial charge in [-0.1, -0.05) is 23.7 Å². The number of hydrogen-bond donors (Lipinski definition) is 0. The lowest BCUT2D eigenvalue weighted by Gasteiger charge is -2.09. The van der Waals surface area contributed by atoms with E-state index in [1.54, 1.807) is 16.9 Å². The highest BCUT2D eigenvalue weighted by Gasteiger charge is 2.29. The van der Waals surface area contributed by atoms with Crippen molar-refractivity contribution in [1.82, 2.24) is 19.7 Å². The van der Waals surface area contributed by atoms with Gasteiger partial charge in [-0.3, -0.25) is 0 Å². The van der Waals surface area contributed by atoms with Crippen LogP contribution in [0, 0.1) is 0 Å². The molecule has 1 aliphatic rings. The summed E-state index contributed by atoms with van der Waals surface area (Å²) in [7, 11) is 0. The number of fused-ring (bicyclic) bond motifs is 1. The standard InChI is InChI=1S/C15H11ClN4O3/c16-10-3-1-2-4-11(10)20-13-9(7-19-20)14(18-8-17-13)23-12-5-6-22-15(12)21/h1-4,7-8,12H,5-6H2/t12-/m0/s1. The van der Waals surface area contributed by atoms with Gasteiger partial charge >= 0.3 is 5.97 Å². The molecule has 1 atom stereocenters. The minimum Gasteiger partial charge on any atom is -0.463 e. The average Bonchev–Trinajstić information content (AvgIpc) is 3.15. The minimum atomic E-state index is -0.642. The lowest BCUT2D eigenvalue weighted by atomic mass is 10.3. The summed E-state index contributed by atoms with van der Waals surface area (Å²) in [6.07, 6.45) is 2.82. The van der Waals surface area contributed by atoms with Gasteiger partial charge in [0, 0.05) is 6.42 Å².